The molecule has 1 fully saturated rings. The van der Waals surface area contributed by atoms with Gasteiger partial charge in [-0.2, -0.15) is 0 Å². The zero-order valence-corrected chi connectivity index (χ0v) is 18.7. The summed E-state index contributed by atoms with van der Waals surface area (Å²) in [5.41, 5.74) is 4.91. The Kier molecular flexibility index (Phi) is 7.06. The first kappa shape index (κ1) is 21.6. The molecule has 0 bridgehead atoms. The van der Waals surface area contributed by atoms with E-state index in [9.17, 15) is 4.39 Å². The van der Waals surface area contributed by atoms with Crippen molar-refractivity contribution in [3.05, 3.63) is 78.1 Å². The van der Waals surface area contributed by atoms with Gasteiger partial charge in [-0.1, -0.05) is 68.3 Å². The topological polar surface area (TPSA) is 9.23 Å². The maximum Gasteiger partial charge on any atom is 0.131 e. The molecule has 0 radical (unpaired) electrons. The van der Waals surface area contributed by atoms with Crippen LogP contribution in [0.1, 0.15) is 63.9 Å². The van der Waals surface area contributed by atoms with E-state index in [0.717, 1.165) is 28.4 Å². The van der Waals surface area contributed by atoms with Crippen LogP contribution in [0.5, 0.6) is 5.75 Å². The Morgan fingerprint density at radius 1 is 0.774 bits per heavy atom. The molecule has 0 saturated heterocycles. The van der Waals surface area contributed by atoms with Crippen molar-refractivity contribution in [1.29, 1.82) is 0 Å². The van der Waals surface area contributed by atoms with Crippen LogP contribution in [-0.4, -0.2) is 6.61 Å². The molecule has 3 aromatic rings. The van der Waals surface area contributed by atoms with Crippen molar-refractivity contribution in [2.45, 2.75) is 58.3 Å². The third-order valence-electron chi connectivity index (χ3n) is 6.70. The molecule has 31 heavy (non-hydrogen) atoms. The minimum absolute atomic E-state index is 0.194. The van der Waals surface area contributed by atoms with Gasteiger partial charge in [0, 0.05) is 5.56 Å². The standard InChI is InChI=1S/C29H33FO/c1-3-5-21-6-8-22(9-7-21)23-10-12-24(13-11-23)26-16-19-28(29(30)20-26)25-14-17-27(18-15-25)31-4-2/h10-22H,3-9H2,1-2H3. The van der Waals surface area contributed by atoms with Crippen LogP contribution in [0.15, 0.2) is 66.7 Å². The summed E-state index contributed by atoms with van der Waals surface area (Å²) in [7, 11) is 0. The molecule has 3 aromatic carbocycles. The number of benzene rings is 3. The Hall–Kier alpha value is -2.61. The lowest BCUT2D eigenvalue weighted by Gasteiger charge is -2.28. The average Bonchev–Trinajstić information content (AvgIpc) is 2.81. The normalized spacial score (nSPS) is 18.7. The molecule has 0 unspecified atom stereocenters. The molecule has 4 rings (SSSR count). The summed E-state index contributed by atoms with van der Waals surface area (Å²) in [5, 5.41) is 0. The Labute approximate surface area is 186 Å². The average molecular weight is 417 g/mol. The Balaban J connectivity index is 1.46. The van der Waals surface area contributed by atoms with Gasteiger partial charge in [0.15, 0.2) is 0 Å². The van der Waals surface area contributed by atoms with Crippen LogP contribution in [0, 0.1) is 11.7 Å². The van der Waals surface area contributed by atoms with Gasteiger partial charge in [0.05, 0.1) is 6.61 Å². The van der Waals surface area contributed by atoms with Gasteiger partial charge in [-0.15, -0.1) is 0 Å². The van der Waals surface area contributed by atoms with Crippen molar-refractivity contribution in [1.82, 2.24) is 0 Å². The van der Waals surface area contributed by atoms with Gasteiger partial charge in [-0.25, -0.2) is 4.39 Å². The fourth-order valence-electron chi connectivity index (χ4n) is 4.97. The third kappa shape index (κ3) is 5.18. The molecule has 0 aliphatic heterocycles. The number of hydrogen-bond acceptors (Lipinski definition) is 1. The van der Waals surface area contributed by atoms with Crippen molar-refractivity contribution >= 4 is 0 Å². The quantitative estimate of drug-likeness (QED) is 0.374. The molecular weight excluding hydrogens is 383 g/mol. The predicted molar refractivity (Wildman–Crippen MR) is 128 cm³/mol. The maximum atomic E-state index is 14.9. The first-order valence-electron chi connectivity index (χ1n) is 11.8. The molecule has 0 spiro atoms. The molecule has 1 nitrogen and oxygen atoms in total. The van der Waals surface area contributed by atoms with E-state index in [0.29, 0.717) is 18.1 Å². The zero-order valence-electron chi connectivity index (χ0n) is 18.7. The minimum Gasteiger partial charge on any atom is -0.494 e. The van der Waals surface area contributed by atoms with Gasteiger partial charge >= 0.3 is 0 Å². The lowest BCUT2D eigenvalue weighted by molar-refractivity contribution is 0.308. The molecule has 2 heteroatoms. The van der Waals surface area contributed by atoms with E-state index in [1.807, 2.05) is 43.3 Å². The highest BCUT2D eigenvalue weighted by molar-refractivity contribution is 5.71. The summed E-state index contributed by atoms with van der Waals surface area (Å²) in [5.74, 6) is 2.22. The first-order valence-corrected chi connectivity index (χ1v) is 11.8. The summed E-state index contributed by atoms with van der Waals surface area (Å²) >= 11 is 0. The molecule has 1 aliphatic carbocycles. The van der Waals surface area contributed by atoms with Crippen LogP contribution in [0.25, 0.3) is 22.3 Å². The number of hydrogen-bond donors (Lipinski definition) is 0. The van der Waals surface area contributed by atoms with Crippen LogP contribution in [0.3, 0.4) is 0 Å². The SMILES string of the molecule is CCCC1CCC(c2ccc(-c3ccc(-c4ccc(OCC)cc4)c(F)c3)cc2)CC1. The van der Waals surface area contributed by atoms with Crippen LogP contribution < -0.4 is 4.74 Å². The van der Waals surface area contributed by atoms with E-state index in [2.05, 4.69) is 31.2 Å². The molecule has 0 atom stereocenters. The van der Waals surface area contributed by atoms with Crippen molar-refractivity contribution in [3.8, 4) is 28.0 Å². The highest BCUT2D eigenvalue weighted by Gasteiger charge is 2.21. The number of ether oxygens (including phenoxy) is 1. The smallest absolute Gasteiger partial charge is 0.131 e. The molecule has 1 saturated carbocycles. The highest BCUT2D eigenvalue weighted by atomic mass is 19.1. The lowest BCUT2D eigenvalue weighted by Crippen LogP contribution is -2.13. The summed E-state index contributed by atoms with van der Waals surface area (Å²) in [6.07, 6.45) is 8.00. The van der Waals surface area contributed by atoms with Gasteiger partial charge in [-0.05, 0) is 84.9 Å². The van der Waals surface area contributed by atoms with E-state index in [-0.39, 0.29) is 5.82 Å². The molecule has 1 aliphatic rings. The van der Waals surface area contributed by atoms with Gasteiger partial charge < -0.3 is 4.74 Å². The second kappa shape index (κ2) is 10.1. The lowest BCUT2D eigenvalue weighted by atomic mass is 9.77. The van der Waals surface area contributed by atoms with E-state index in [1.165, 1.54) is 44.1 Å². The Bertz CT molecular complexity index is 967. The van der Waals surface area contributed by atoms with Crippen LogP contribution in [-0.2, 0) is 0 Å². The molecule has 0 aromatic heterocycles. The van der Waals surface area contributed by atoms with Gasteiger partial charge in [0.1, 0.15) is 11.6 Å². The molecule has 0 amide bonds. The molecule has 0 N–H and O–H groups in total. The summed E-state index contributed by atoms with van der Waals surface area (Å²) in [6, 6.07) is 21.9. The van der Waals surface area contributed by atoms with Gasteiger partial charge in [-0.3, -0.25) is 0 Å². The zero-order chi connectivity index (χ0) is 21.6. The Morgan fingerprint density at radius 2 is 1.42 bits per heavy atom. The first-order chi connectivity index (χ1) is 15.2. The van der Waals surface area contributed by atoms with Gasteiger partial charge in [0.25, 0.3) is 0 Å². The molecule has 162 valence electrons. The van der Waals surface area contributed by atoms with E-state index in [1.54, 1.807) is 6.07 Å². The third-order valence-corrected chi connectivity index (χ3v) is 6.70. The fraction of sp³-hybridized carbons (Fsp3) is 0.379. The highest BCUT2D eigenvalue weighted by Crippen LogP contribution is 2.38. The largest absolute Gasteiger partial charge is 0.494 e. The van der Waals surface area contributed by atoms with E-state index < -0.39 is 0 Å². The molecule has 0 heterocycles. The van der Waals surface area contributed by atoms with Crippen LogP contribution in [0.2, 0.25) is 0 Å². The van der Waals surface area contributed by atoms with E-state index >= 15 is 0 Å². The van der Waals surface area contributed by atoms with Crippen molar-refractivity contribution < 1.29 is 9.13 Å². The monoisotopic (exact) mass is 416 g/mol. The molecular formula is C29H33FO. The second-order valence-corrected chi connectivity index (χ2v) is 8.78. The van der Waals surface area contributed by atoms with Crippen LogP contribution in [0.4, 0.5) is 4.39 Å². The number of rotatable bonds is 7. The summed E-state index contributed by atoms with van der Waals surface area (Å²) < 4.78 is 20.4. The minimum atomic E-state index is -0.194. The summed E-state index contributed by atoms with van der Waals surface area (Å²) in [6.45, 7) is 4.87. The van der Waals surface area contributed by atoms with Crippen molar-refractivity contribution in [2.75, 3.05) is 6.61 Å². The summed E-state index contributed by atoms with van der Waals surface area (Å²) in [4.78, 5) is 0. The van der Waals surface area contributed by atoms with Crippen molar-refractivity contribution in [3.63, 3.8) is 0 Å². The Morgan fingerprint density at radius 3 is 2.03 bits per heavy atom. The predicted octanol–water partition coefficient (Wildman–Crippen LogP) is 8.63. The second-order valence-electron chi connectivity index (χ2n) is 8.78. The van der Waals surface area contributed by atoms with Crippen LogP contribution >= 0.6 is 0 Å². The maximum absolute atomic E-state index is 14.9. The van der Waals surface area contributed by atoms with E-state index in [4.69, 9.17) is 4.74 Å². The fourth-order valence-corrected chi connectivity index (χ4v) is 4.97. The van der Waals surface area contributed by atoms with Crippen molar-refractivity contribution in [2.24, 2.45) is 5.92 Å². The van der Waals surface area contributed by atoms with Gasteiger partial charge in [0.2, 0.25) is 0 Å². The number of halogens is 1.